The summed E-state index contributed by atoms with van der Waals surface area (Å²) in [5, 5.41) is 8.86. The van der Waals surface area contributed by atoms with Gasteiger partial charge < -0.3 is 10.6 Å². The number of thiocarbonyl (C=S) groups is 1. The number of aromatic nitrogens is 1. The molecule has 4 aromatic rings. The highest BCUT2D eigenvalue weighted by molar-refractivity contribution is 7.99. The average Bonchev–Trinajstić information content (AvgIpc) is 2.81. The minimum Gasteiger partial charge on any atom is -0.352 e. The van der Waals surface area contributed by atoms with Crippen molar-refractivity contribution in [1.29, 1.82) is 0 Å². The van der Waals surface area contributed by atoms with Crippen molar-refractivity contribution < 1.29 is 0 Å². The molecule has 154 valence electrons. The zero-order chi connectivity index (χ0) is 21.5. The molecule has 2 N–H and O–H groups in total. The van der Waals surface area contributed by atoms with E-state index in [0.717, 1.165) is 26.7 Å². The molecule has 0 unspecified atom stereocenters. The van der Waals surface area contributed by atoms with Gasteiger partial charge in [0, 0.05) is 16.1 Å². The van der Waals surface area contributed by atoms with Crippen molar-refractivity contribution in [2.24, 2.45) is 0 Å². The molecule has 0 spiro atoms. The zero-order valence-electron chi connectivity index (χ0n) is 16.5. The summed E-state index contributed by atoms with van der Waals surface area (Å²) < 4.78 is 0. The predicted octanol–water partition coefficient (Wildman–Crippen LogP) is 6.96. The van der Waals surface area contributed by atoms with Crippen molar-refractivity contribution in [1.82, 2.24) is 10.3 Å². The van der Waals surface area contributed by atoms with Crippen molar-refractivity contribution in [2.45, 2.75) is 16.0 Å². The van der Waals surface area contributed by atoms with Gasteiger partial charge in [-0.1, -0.05) is 84.0 Å². The maximum absolute atomic E-state index is 6.00. The van der Waals surface area contributed by atoms with E-state index in [1.165, 1.54) is 0 Å². The molecule has 0 aliphatic rings. The van der Waals surface area contributed by atoms with Gasteiger partial charge in [0.2, 0.25) is 0 Å². The minimum atomic E-state index is -0.0635. The molecule has 0 bridgehead atoms. The number of hydrogen-bond donors (Lipinski definition) is 2. The van der Waals surface area contributed by atoms with E-state index in [1.54, 1.807) is 18.0 Å². The molecule has 1 heterocycles. The molecule has 6 heteroatoms. The van der Waals surface area contributed by atoms with E-state index in [1.807, 2.05) is 72.8 Å². The summed E-state index contributed by atoms with van der Waals surface area (Å²) in [6.07, 6.45) is 1.77. The zero-order valence-corrected chi connectivity index (χ0v) is 18.9. The summed E-state index contributed by atoms with van der Waals surface area (Å²) in [6, 6.07) is 32.0. The van der Waals surface area contributed by atoms with Crippen LogP contribution in [-0.2, 0) is 0 Å². The van der Waals surface area contributed by atoms with Crippen molar-refractivity contribution in [2.75, 3.05) is 5.32 Å². The van der Waals surface area contributed by atoms with Crippen LogP contribution in [0.3, 0.4) is 0 Å². The first-order chi connectivity index (χ1) is 15.2. The minimum absolute atomic E-state index is 0.0635. The molecule has 0 saturated heterocycles. The average molecular weight is 462 g/mol. The van der Waals surface area contributed by atoms with E-state index in [-0.39, 0.29) is 6.04 Å². The van der Waals surface area contributed by atoms with Crippen LogP contribution in [0.4, 0.5) is 5.69 Å². The lowest BCUT2D eigenvalue weighted by Gasteiger charge is -2.22. The number of nitrogens with zero attached hydrogens (tertiary/aromatic N) is 1. The van der Waals surface area contributed by atoms with Gasteiger partial charge in [-0.15, -0.1) is 0 Å². The van der Waals surface area contributed by atoms with E-state index in [4.69, 9.17) is 23.8 Å². The Morgan fingerprint density at radius 2 is 1.42 bits per heavy atom. The molecule has 0 radical (unpaired) electrons. The van der Waals surface area contributed by atoms with Crippen LogP contribution in [0, 0.1) is 0 Å². The molecular weight excluding hydrogens is 442 g/mol. The van der Waals surface area contributed by atoms with Gasteiger partial charge in [0.1, 0.15) is 5.03 Å². The van der Waals surface area contributed by atoms with Crippen LogP contribution >= 0.6 is 35.6 Å². The van der Waals surface area contributed by atoms with E-state index in [9.17, 15) is 0 Å². The lowest BCUT2D eigenvalue weighted by atomic mass is 9.99. The van der Waals surface area contributed by atoms with Gasteiger partial charge in [0.05, 0.1) is 11.7 Å². The summed E-state index contributed by atoms with van der Waals surface area (Å²) in [6.45, 7) is 0. The quantitative estimate of drug-likeness (QED) is 0.303. The highest BCUT2D eigenvalue weighted by Gasteiger charge is 2.16. The molecule has 3 aromatic carbocycles. The third kappa shape index (κ3) is 5.85. The third-order valence-electron chi connectivity index (χ3n) is 4.59. The first-order valence-corrected chi connectivity index (χ1v) is 11.3. The molecule has 0 amide bonds. The van der Waals surface area contributed by atoms with Crippen molar-refractivity contribution in [3.05, 3.63) is 119 Å². The van der Waals surface area contributed by atoms with E-state index in [2.05, 4.69) is 39.9 Å². The van der Waals surface area contributed by atoms with Crippen LogP contribution in [0.25, 0.3) is 0 Å². The first-order valence-electron chi connectivity index (χ1n) is 9.75. The van der Waals surface area contributed by atoms with E-state index in [0.29, 0.717) is 10.1 Å². The van der Waals surface area contributed by atoms with Gasteiger partial charge in [0.15, 0.2) is 5.11 Å². The summed E-state index contributed by atoms with van der Waals surface area (Å²) >= 11 is 13.2. The van der Waals surface area contributed by atoms with Crippen LogP contribution in [0.1, 0.15) is 17.2 Å². The standard InChI is InChI=1S/C25H20ClN3S2/c26-20-13-15-21(16-14-20)31-24-22(12-7-17-27-24)28-25(30)29-23(18-8-3-1-4-9-18)19-10-5-2-6-11-19/h1-17,23H,(H2,28,29,30). The Morgan fingerprint density at radius 1 is 0.806 bits per heavy atom. The smallest absolute Gasteiger partial charge is 0.171 e. The lowest BCUT2D eigenvalue weighted by molar-refractivity contribution is 0.768. The molecule has 4 rings (SSSR count). The van der Waals surface area contributed by atoms with Gasteiger partial charge in [-0.25, -0.2) is 4.98 Å². The Balaban J connectivity index is 1.53. The third-order valence-corrected chi connectivity index (χ3v) is 6.09. The monoisotopic (exact) mass is 461 g/mol. The van der Waals surface area contributed by atoms with Crippen LogP contribution in [0.2, 0.25) is 5.02 Å². The molecule has 0 saturated carbocycles. The van der Waals surface area contributed by atoms with Crippen LogP contribution in [0.15, 0.2) is 113 Å². The van der Waals surface area contributed by atoms with Crippen molar-refractivity contribution in [3.8, 4) is 0 Å². The second kappa shape index (κ2) is 10.4. The molecule has 0 fully saturated rings. The van der Waals surface area contributed by atoms with E-state index < -0.39 is 0 Å². The molecule has 31 heavy (non-hydrogen) atoms. The fourth-order valence-electron chi connectivity index (χ4n) is 3.12. The lowest BCUT2D eigenvalue weighted by Crippen LogP contribution is -2.33. The summed E-state index contributed by atoms with van der Waals surface area (Å²) in [7, 11) is 0. The van der Waals surface area contributed by atoms with Gasteiger partial charge in [-0.05, 0) is 59.7 Å². The SMILES string of the molecule is S=C(Nc1cccnc1Sc1ccc(Cl)cc1)NC(c1ccccc1)c1ccccc1. The highest BCUT2D eigenvalue weighted by Crippen LogP contribution is 2.32. The van der Waals surface area contributed by atoms with Crippen LogP contribution < -0.4 is 10.6 Å². The van der Waals surface area contributed by atoms with Crippen molar-refractivity contribution >= 4 is 46.4 Å². The van der Waals surface area contributed by atoms with Crippen LogP contribution in [-0.4, -0.2) is 10.1 Å². The van der Waals surface area contributed by atoms with Gasteiger partial charge in [0.25, 0.3) is 0 Å². The second-order valence-electron chi connectivity index (χ2n) is 6.76. The van der Waals surface area contributed by atoms with E-state index >= 15 is 0 Å². The number of hydrogen-bond acceptors (Lipinski definition) is 3. The van der Waals surface area contributed by atoms with Gasteiger partial charge in [-0.3, -0.25) is 0 Å². The maximum atomic E-state index is 6.00. The highest BCUT2D eigenvalue weighted by atomic mass is 35.5. The fraction of sp³-hybridized carbons (Fsp3) is 0.0400. The van der Waals surface area contributed by atoms with Gasteiger partial charge in [-0.2, -0.15) is 0 Å². The van der Waals surface area contributed by atoms with Crippen LogP contribution in [0.5, 0.6) is 0 Å². The molecule has 1 aromatic heterocycles. The number of pyridine rings is 1. The Bertz CT molecular complexity index is 1100. The summed E-state index contributed by atoms with van der Waals surface area (Å²) in [5.41, 5.74) is 3.12. The summed E-state index contributed by atoms with van der Waals surface area (Å²) in [4.78, 5) is 5.58. The molecular formula is C25H20ClN3S2. The number of halogens is 1. The Labute approximate surface area is 196 Å². The second-order valence-corrected chi connectivity index (χ2v) is 8.67. The molecule has 3 nitrogen and oxygen atoms in total. The Morgan fingerprint density at radius 3 is 2.03 bits per heavy atom. The molecule has 0 atom stereocenters. The largest absolute Gasteiger partial charge is 0.352 e. The number of rotatable bonds is 6. The first kappa shape index (κ1) is 21.4. The number of anilines is 1. The number of nitrogens with one attached hydrogen (secondary N) is 2. The molecule has 0 aliphatic heterocycles. The maximum Gasteiger partial charge on any atom is 0.171 e. The Kier molecular flexibility index (Phi) is 7.20. The summed E-state index contributed by atoms with van der Waals surface area (Å²) in [5.74, 6) is 0. The number of benzene rings is 3. The van der Waals surface area contributed by atoms with Gasteiger partial charge >= 0.3 is 0 Å². The fourth-order valence-corrected chi connectivity index (χ4v) is 4.31. The normalized spacial score (nSPS) is 10.6. The Hall–Kier alpha value is -2.86. The molecule has 0 aliphatic carbocycles. The topological polar surface area (TPSA) is 37.0 Å². The van der Waals surface area contributed by atoms with Crippen molar-refractivity contribution in [3.63, 3.8) is 0 Å². The predicted molar refractivity (Wildman–Crippen MR) is 134 cm³/mol.